The third-order valence-electron chi connectivity index (χ3n) is 4.86. The molecule has 0 aliphatic carbocycles. The van der Waals surface area contributed by atoms with Crippen molar-refractivity contribution in [1.29, 1.82) is 0 Å². The number of rotatable bonds is 3. The van der Waals surface area contributed by atoms with Crippen LogP contribution in [0.3, 0.4) is 0 Å². The van der Waals surface area contributed by atoms with E-state index in [0.29, 0.717) is 6.04 Å². The lowest BCUT2D eigenvalue weighted by Gasteiger charge is -2.40. The van der Waals surface area contributed by atoms with E-state index in [0.717, 1.165) is 35.6 Å². The fraction of sp³-hybridized carbons (Fsp3) is 0.263. The number of aromatic nitrogens is 6. The van der Waals surface area contributed by atoms with E-state index in [1.807, 2.05) is 34.0 Å². The number of nitrogens with zero attached hydrogens (tertiary/aromatic N) is 7. The molecule has 0 bridgehead atoms. The monoisotopic (exact) mass is 345 g/mol. The second-order valence-corrected chi connectivity index (χ2v) is 6.88. The van der Waals surface area contributed by atoms with Crippen molar-refractivity contribution in [3.8, 4) is 5.69 Å². The normalized spacial score (nSPS) is 14.8. The fourth-order valence-corrected chi connectivity index (χ4v) is 3.64. The summed E-state index contributed by atoms with van der Waals surface area (Å²) >= 11 is 0. The van der Waals surface area contributed by atoms with Gasteiger partial charge in [0, 0.05) is 25.5 Å². The maximum Gasteiger partial charge on any atom is 0.168 e. The van der Waals surface area contributed by atoms with Crippen LogP contribution < -0.4 is 4.90 Å². The molecule has 4 heterocycles. The van der Waals surface area contributed by atoms with Crippen LogP contribution >= 0.6 is 0 Å². The third-order valence-corrected chi connectivity index (χ3v) is 4.86. The molecular formula is C19H19N7. The molecule has 0 radical (unpaired) electrons. The lowest BCUT2D eigenvalue weighted by atomic mass is 10.1. The summed E-state index contributed by atoms with van der Waals surface area (Å²) in [6.45, 7) is 5.97. The van der Waals surface area contributed by atoms with Crippen molar-refractivity contribution in [2.45, 2.75) is 19.9 Å². The highest BCUT2D eigenvalue weighted by molar-refractivity contribution is 5.88. The van der Waals surface area contributed by atoms with Crippen LogP contribution in [0, 0.1) is 13.8 Å². The van der Waals surface area contributed by atoms with Gasteiger partial charge in [-0.15, -0.1) is 0 Å². The highest BCUT2D eigenvalue weighted by atomic mass is 15.4. The first-order valence-corrected chi connectivity index (χ1v) is 8.70. The number of hydrogen-bond acceptors (Lipinski definition) is 5. The van der Waals surface area contributed by atoms with E-state index >= 15 is 0 Å². The van der Waals surface area contributed by atoms with E-state index in [-0.39, 0.29) is 0 Å². The molecule has 0 saturated carbocycles. The molecule has 7 heteroatoms. The van der Waals surface area contributed by atoms with Crippen LogP contribution in [-0.2, 0) is 0 Å². The largest absolute Gasteiger partial charge is 0.351 e. The predicted octanol–water partition coefficient (Wildman–Crippen LogP) is 2.69. The van der Waals surface area contributed by atoms with Gasteiger partial charge >= 0.3 is 0 Å². The van der Waals surface area contributed by atoms with Crippen LogP contribution in [-0.4, -0.2) is 42.6 Å². The number of aryl methyl sites for hydroxylation is 2. The maximum absolute atomic E-state index is 4.59. The zero-order chi connectivity index (χ0) is 17.7. The molecule has 7 nitrogen and oxygen atoms in total. The molecule has 1 fully saturated rings. The van der Waals surface area contributed by atoms with Crippen molar-refractivity contribution in [3.63, 3.8) is 0 Å². The number of hydrogen-bond donors (Lipinski definition) is 0. The Morgan fingerprint density at radius 2 is 1.81 bits per heavy atom. The van der Waals surface area contributed by atoms with Crippen LogP contribution in [0.25, 0.3) is 16.7 Å². The van der Waals surface area contributed by atoms with Gasteiger partial charge in [-0.05, 0) is 43.2 Å². The van der Waals surface area contributed by atoms with Crippen molar-refractivity contribution in [2.75, 3.05) is 18.0 Å². The lowest BCUT2D eigenvalue weighted by Crippen LogP contribution is -2.48. The minimum absolute atomic E-state index is 0.393. The maximum atomic E-state index is 4.59. The molecule has 5 rings (SSSR count). The Balaban J connectivity index is 1.50. The predicted molar refractivity (Wildman–Crippen MR) is 99.6 cm³/mol. The quantitative estimate of drug-likeness (QED) is 0.571. The molecule has 0 spiro atoms. The topological polar surface area (TPSA) is 64.7 Å². The Labute approximate surface area is 150 Å². The van der Waals surface area contributed by atoms with Gasteiger partial charge in [-0.25, -0.2) is 14.6 Å². The van der Waals surface area contributed by atoms with Crippen molar-refractivity contribution >= 4 is 16.9 Å². The summed E-state index contributed by atoms with van der Waals surface area (Å²) < 4.78 is 3.90. The summed E-state index contributed by atoms with van der Waals surface area (Å²) in [4.78, 5) is 11.3. The van der Waals surface area contributed by atoms with Gasteiger partial charge in [0.05, 0.1) is 23.3 Å². The summed E-state index contributed by atoms with van der Waals surface area (Å²) in [5.74, 6) is 0.939. The van der Waals surface area contributed by atoms with E-state index in [4.69, 9.17) is 0 Å². The third kappa shape index (κ3) is 2.35. The van der Waals surface area contributed by atoms with Crippen LogP contribution in [0.2, 0.25) is 0 Å². The second kappa shape index (κ2) is 5.66. The minimum atomic E-state index is 0.393. The SMILES string of the molecule is Cc1cc(C)cc(-n2ncc3c(N4CC(n5cccn5)C4)ncnc32)c1. The molecule has 0 N–H and O–H groups in total. The van der Waals surface area contributed by atoms with E-state index in [1.165, 1.54) is 11.1 Å². The highest BCUT2D eigenvalue weighted by Gasteiger charge is 2.31. The van der Waals surface area contributed by atoms with Crippen molar-refractivity contribution in [2.24, 2.45) is 0 Å². The molecule has 1 aliphatic heterocycles. The van der Waals surface area contributed by atoms with Gasteiger partial charge in [-0.3, -0.25) is 4.68 Å². The molecular weight excluding hydrogens is 326 g/mol. The molecule has 1 aliphatic rings. The van der Waals surface area contributed by atoms with Crippen LogP contribution in [0.4, 0.5) is 5.82 Å². The average molecular weight is 345 g/mol. The Kier molecular flexibility index (Phi) is 3.28. The Morgan fingerprint density at radius 1 is 1.00 bits per heavy atom. The smallest absolute Gasteiger partial charge is 0.168 e. The summed E-state index contributed by atoms with van der Waals surface area (Å²) in [6, 6.07) is 8.76. The molecule has 0 unspecified atom stereocenters. The van der Waals surface area contributed by atoms with Gasteiger partial charge in [-0.2, -0.15) is 10.2 Å². The first-order chi connectivity index (χ1) is 12.7. The molecule has 4 aromatic rings. The summed E-state index contributed by atoms with van der Waals surface area (Å²) in [6.07, 6.45) is 7.32. The van der Waals surface area contributed by atoms with Crippen molar-refractivity contribution in [3.05, 3.63) is 60.3 Å². The molecule has 0 amide bonds. The lowest BCUT2D eigenvalue weighted by molar-refractivity contribution is 0.366. The van der Waals surface area contributed by atoms with Crippen molar-refractivity contribution in [1.82, 2.24) is 29.5 Å². The molecule has 0 atom stereocenters. The Hall–Kier alpha value is -3.22. The summed E-state index contributed by atoms with van der Waals surface area (Å²) in [7, 11) is 0. The Morgan fingerprint density at radius 3 is 2.54 bits per heavy atom. The second-order valence-electron chi connectivity index (χ2n) is 6.88. The molecule has 1 saturated heterocycles. The van der Waals surface area contributed by atoms with Gasteiger partial charge in [0.1, 0.15) is 12.1 Å². The van der Waals surface area contributed by atoms with Crippen LogP contribution in [0.5, 0.6) is 0 Å². The number of fused-ring (bicyclic) bond motifs is 1. The first kappa shape index (κ1) is 15.1. The Bertz CT molecular complexity index is 1050. The van der Waals surface area contributed by atoms with Gasteiger partial charge in [0.2, 0.25) is 0 Å². The van der Waals surface area contributed by atoms with Gasteiger partial charge in [-0.1, -0.05) is 6.07 Å². The first-order valence-electron chi connectivity index (χ1n) is 8.70. The van der Waals surface area contributed by atoms with Crippen LogP contribution in [0.1, 0.15) is 17.2 Å². The zero-order valence-electron chi connectivity index (χ0n) is 14.7. The van der Waals surface area contributed by atoms with Crippen LogP contribution in [0.15, 0.2) is 49.2 Å². The molecule has 26 heavy (non-hydrogen) atoms. The van der Waals surface area contributed by atoms with E-state index in [9.17, 15) is 0 Å². The zero-order valence-corrected chi connectivity index (χ0v) is 14.7. The molecule has 3 aromatic heterocycles. The minimum Gasteiger partial charge on any atom is -0.351 e. The number of anilines is 1. The van der Waals surface area contributed by atoms with E-state index < -0.39 is 0 Å². The number of benzene rings is 1. The standard InChI is InChI=1S/C19H19N7/c1-13-6-14(2)8-15(7-13)26-19-17(9-23-26)18(20-12-21-19)24-10-16(11-24)25-5-3-4-22-25/h3-9,12,16H,10-11H2,1-2H3. The average Bonchev–Trinajstić information content (AvgIpc) is 3.22. The van der Waals surface area contributed by atoms with E-state index in [2.05, 4.69) is 57.1 Å². The van der Waals surface area contributed by atoms with Gasteiger partial charge in [0.25, 0.3) is 0 Å². The van der Waals surface area contributed by atoms with E-state index in [1.54, 1.807) is 6.33 Å². The summed E-state index contributed by atoms with van der Waals surface area (Å²) in [5, 5.41) is 9.90. The fourth-order valence-electron chi connectivity index (χ4n) is 3.64. The van der Waals surface area contributed by atoms with Crippen molar-refractivity contribution < 1.29 is 0 Å². The molecule has 130 valence electrons. The highest BCUT2D eigenvalue weighted by Crippen LogP contribution is 2.31. The van der Waals surface area contributed by atoms with Gasteiger partial charge in [0.15, 0.2) is 5.65 Å². The molecule has 1 aromatic carbocycles. The van der Waals surface area contributed by atoms with Gasteiger partial charge < -0.3 is 4.90 Å². The summed E-state index contributed by atoms with van der Waals surface area (Å²) in [5.41, 5.74) is 4.29.